The Hall–Kier alpha value is -0.760. The fourth-order valence-electron chi connectivity index (χ4n) is 4.54. The lowest BCUT2D eigenvalue weighted by Gasteiger charge is -2.28. The summed E-state index contributed by atoms with van der Waals surface area (Å²) in [6.45, 7) is 5.26. The van der Waals surface area contributed by atoms with Crippen molar-refractivity contribution in [3.05, 3.63) is 12.2 Å². The standard InChI is InChI=1S/C34H68NO7P/c1-6-8-10-12-13-14-15-16-17-18-19-20-21-22-23-24-26-29-39-31-33(42-34(36)27-25-11-9-7-2)32-41-43(37,38)40-30-28-35(3,4)5/h17-18,33H,6-16,19-32H2,1-5H3/b18-17-. The van der Waals surface area contributed by atoms with Gasteiger partial charge in [0, 0.05) is 13.0 Å². The highest BCUT2D eigenvalue weighted by atomic mass is 31.2. The molecule has 256 valence electrons. The van der Waals surface area contributed by atoms with Gasteiger partial charge in [0.2, 0.25) is 0 Å². The Balaban J connectivity index is 4.09. The van der Waals surface area contributed by atoms with Crippen LogP contribution >= 0.6 is 7.82 Å². The molecule has 0 saturated heterocycles. The molecule has 43 heavy (non-hydrogen) atoms. The van der Waals surface area contributed by atoms with Gasteiger partial charge < -0.3 is 27.9 Å². The lowest BCUT2D eigenvalue weighted by molar-refractivity contribution is -0.870. The molecule has 0 N–H and O–H groups in total. The quantitative estimate of drug-likeness (QED) is 0.0241. The van der Waals surface area contributed by atoms with Gasteiger partial charge in [-0.2, -0.15) is 0 Å². The van der Waals surface area contributed by atoms with E-state index in [0.29, 0.717) is 24.1 Å². The Bertz CT molecular complexity index is 711. The van der Waals surface area contributed by atoms with Gasteiger partial charge in [-0.25, -0.2) is 0 Å². The molecular weight excluding hydrogens is 565 g/mol. The van der Waals surface area contributed by atoms with Crippen LogP contribution in [0.4, 0.5) is 0 Å². The van der Waals surface area contributed by atoms with Crippen LogP contribution in [0.25, 0.3) is 0 Å². The molecule has 0 aromatic rings. The molecule has 0 heterocycles. The zero-order valence-corrected chi connectivity index (χ0v) is 29.6. The molecule has 0 fully saturated rings. The normalized spacial score (nSPS) is 14.3. The zero-order chi connectivity index (χ0) is 32.1. The second-order valence-electron chi connectivity index (χ2n) is 12.9. The van der Waals surface area contributed by atoms with Crippen molar-refractivity contribution in [3.8, 4) is 0 Å². The number of ether oxygens (including phenoxy) is 2. The Labute approximate surface area is 265 Å². The number of unbranched alkanes of at least 4 members (excludes halogenated alkanes) is 16. The van der Waals surface area contributed by atoms with Crippen molar-refractivity contribution in [1.29, 1.82) is 0 Å². The molecule has 8 nitrogen and oxygen atoms in total. The van der Waals surface area contributed by atoms with Gasteiger partial charge in [-0.15, -0.1) is 0 Å². The van der Waals surface area contributed by atoms with E-state index in [1.54, 1.807) is 0 Å². The van der Waals surface area contributed by atoms with Gasteiger partial charge in [-0.1, -0.05) is 109 Å². The number of allylic oxidation sites excluding steroid dienone is 2. The number of phosphoric ester groups is 1. The van der Waals surface area contributed by atoms with Gasteiger partial charge >= 0.3 is 5.97 Å². The van der Waals surface area contributed by atoms with Crippen LogP contribution in [0, 0.1) is 0 Å². The van der Waals surface area contributed by atoms with Crippen LogP contribution in [0.5, 0.6) is 0 Å². The minimum absolute atomic E-state index is 0.0265. The first-order valence-corrected chi connectivity index (χ1v) is 18.9. The minimum atomic E-state index is -4.50. The molecule has 9 heteroatoms. The SMILES string of the molecule is CCCCCCCCC/C=C\CCCCCCCCOCC(COP(=O)([O-])OCC[N+](C)(C)C)OC(=O)CCCCCC. The molecule has 0 radical (unpaired) electrons. The lowest BCUT2D eigenvalue weighted by Crippen LogP contribution is -2.37. The smallest absolute Gasteiger partial charge is 0.306 e. The van der Waals surface area contributed by atoms with E-state index in [9.17, 15) is 14.3 Å². The molecule has 0 aliphatic carbocycles. The van der Waals surface area contributed by atoms with Crippen LogP contribution in [-0.4, -0.2) is 70.7 Å². The second kappa shape index (κ2) is 28.7. The minimum Gasteiger partial charge on any atom is -0.756 e. The predicted octanol–water partition coefficient (Wildman–Crippen LogP) is 8.52. The van der Waals surface area contributed by atoms with E-state index in [1.807, 2.05) is 21.1 Å². The second-order valence-corrected chi connectivity index (χ2v) is 14.3. The Kier molecular flexibility index (Phi) is 28.2. The number of hydrogen-bond donors (Lipinski definition) is 0. The monoisotopic (exact) mass is 633 g/mol. The number of esters is 1. The summed E-state index contributed by atoms with van der Waals surface area (Å²) in [6, 6.07) is 0. The summed E-state index contributed by atoms with van der Waals surface area (Å²) in [6.07, 6.45) is 27.0. The summed E-state index contributed by atoms with van der Waals surface area (Å²) in [7, 11) is 1.35. The summed E-state index contributed by atoms with van der Waals surface area (Å²) in [5.74, 6) is -0.354. The molecule has 2 unspecified atom stereocenters. The largest absolute Gasteiger partial charge is 0.756 e. The molecule has 0 saturated carbocycles. The summed E-state index contributed by atoms with van der Waals surface area (Å²) in [5, 5.41) is 0. The van der Waals surface area contributed by atoms with Crippen molar-refractivity contribution >= 4 is 13.8 Å². The van der Waals surface area contributed by atoms with Crippen molar-refractivity contribution in [2.24, 2.45) is 0 Å². The predicted molar refractivity (Wildman–Crippen MR) is 176 cm³/mol. The molecule has 0 aromatic heterocycles. The molecule has 0 aliphatic heterocycles. The molecule has 0 rings (SSSR count). The fourth-order valence-corrected chi connectivity index (χ4v) is 5.27. The highest BCUT2D eigenvalue weighted by Gasteiger charge is 2.20. The van der Waals surface area contributed by atoms with Crippen LogP contribution in [0.1, 0.15) is 142 Å². The highest BCUT2D eigenvalue weighted by Crippen LogP contribution is 2.38. The Morgan fingerprint density at radius 1 is 0.698 bits per heavy atom. The molecule has 0 bridgehead atoms. The third-order valence-corrected chi connectivity index (χ3v) is 8.28. The van der Waals surface area contributed by atoms with Gasteiger partial charge in [0.15, 0.2) is 0 Å². The average Bonchev–Trinajstić information content (AvgIpc) is 2.94. The number of hydrogen-bond acceptors (Lipinski definition) is 7. The van der Waals surface area contributed by atoms with Crippen molar-refractivity contribution in [1.82, 2.24) is 0 Å². The zero-order valence-electron chi connectivity index (χ0n) is 28.7. The Morgan fingerprint density at radius 2 is 1.21 bits per heavy atom. The molecule has 0 spiro atoms. The van der Waals surface area contributed by atoms with E-state index in [-0.39, 0.29) is 25.8 Å². The first-order chi connectivity index (χ1) is 20.6. The molecule has 0 amide bonds. The van der Waals surface area contributed by atoms with Crippen LogP contribution < -0.4 is 4.89 Å². The number of rotatable bonds is 32. The van der Waals surface area contributed by atoms with Gasteiger partial charge in [0.25, 0.3) is 7.82 Å². The number of carbonyl (C=O) groups is 1. The third kappa shape index (κ3) is 32.4. The topological polar surface area (TPSA) is 94.1 Å². The van der Waals surface area contributed by atoms with Crippen LogP contribution in [0.2, 0.25) is 0 Å². The number of quaternary nitrogens is 1. The average molecular weight is 634 g/mol. The summed E-state index contributed by atoms with van der Waals surface area (Å²) in [4.78, 5) is 24.5. The highest BCUT2D eigenvalue weighted by molar-refractivity contribution is 7.45. The third-order valence-electron chi connectivity index (χ3n) is 7.32. The van der Waals surface area contributed by atoms with Crippen molar-refractivity contribution in [3.63, 3.8) is 0 Å². The number of carbonyl (C=O) groups excluding carboxylic acids is 1. The first kappa shape index (κ1) is 42.2. The van der Waals surface area contributed by atoms with Gasteiger partial charge in [-0.05, 0) is 38.5 Å². The van der Waals surface area contributed by atoms with Crippen LogP contribution in [0.15, 0.2) is 12.2 Å². The molecule has 2 atom stereocenters. The van der Waals surface area contributed by atoms with Crippen molar-refractivity contribution in [2.45, 2.75) is 148 Å². The van der Waals surface area contributed by atoms with E-state index >= 15 is 0 Å². The summed E-state index contributed by atoms with van der Waals surface area (Å²) >= 11 is 0. The van der Waals surface area contributed by atoms with E-state index in [0.717, 1.165) is 38.5 Å². The molecular formula is C34H68NO7P. The maximum atomic E-state index is 12.3. The van der Waals surface area contributed by atoms with Crippen molar-refractivity contribution < 1.29 is 37.3 Å². The number of phosphoric acid groups is 1. The number of likely N-dealkylation sites (N-methyl/N-ethyl adjacent to an activating group) is 1. The maximum absolute atomic E-state index is 12.3. The number of nitrogens with zero attached hydrogens (tertiary/aromatic N) is 1. The molecule has 0 aliphatic rings. The van der Waals surface area contributed by atoms with Gasteiger partial charge in [0.1, 0.15) is 19.3 Å². The van der Waals surface area contributed by atoms with Gasteiger partial charge in [0.05, 0.1) is 34.4 Å². The van der Waals surface area contributed by atoms with E-state index < -0.39 is 13.9 Å². The van der Waals surface area contributed by atoms with Crippen LogP contribution in [0.3, 0.4) is 0 Å². The maximum Gasteiger partial charge on any atom is 0.306 e. The fraction of sp³-hybridized carbons (Fsp3) is 0.912. The molecule has 0 aromatic carbocycles. The van der Waals surface area contributed by atoms with E-state index in [2.05, 4.69) is 26.0 Å². The van der Waals surface area contributed by atoms with E-state index in [1.165, 1.54) is 83.5 Å². The summed E-state index contributed by atoms with van der Waals surface area (Å²) in [5.41, 5.74) is 0. The summed E-state index contributed by atoms with van der Waals surface area (Å²) < 4.78 is 34.1. The van der Waals surface area contributed by atoms with E-state index in [4.69, 9.17) is 18.5 Å². The Morgan fingerprint density at radius 3 is 1.77 bits per heavy atom. The first-order valence-electron chi connectivity index (χ1n) is 17.4. The lowest BCUT2D eigenvalue weighted by atomic mass is 10.1. The van der Waals surface area contributed by atoms with Gasteiger partial charge in [-0.3, -0.25) is 9.36 Å². The van der Waals surface area contributed by atoms with Crippen LogP contribution in [-0.2, 0) is 27.9 Å². The van der Waals surface area contributed by atoms with Crippen molar-refractivity contribution in [2.75, 3.05) is 54.1 Å².